The van der Waals surface area contributed by atoms with Crippen molar-refractivity contribution in [2.75, 3.05) is 12.3 Å². The quantitative estimate of drug-likeness (QED) is 0.349. The van der Waals surface area contributed by atoms with Crippen molar-refractivity contribution in [3.05, 3.63) is 96.1 Å². The molecular formula is C27H30NO5P. The van der Waals surface area contributed by atoms with Crippen LogP contribution in [0.5, 0.6) is 0 Å². The predicted molar refractivity (Wildman–Crippen MR) is 134 cm³/mol. The second-order valence-electron chi connectivity index (χ2n) is 8.52. The Hall–Kier alpha value is -3.21. The molecule has 3 rings (SSSR count). The molecule has 178 valence electrons. The smallest absolute Gasteiger partial charge is 0.325 e. The van der Waals surface area contributed by atoms with Gasteiger partial charge in [0, 0.05) is 12.3 Å². The molecule has 0 heterocycles. The van der Waals surface area contributed by atoms with Crippen molar-refractivity contribution in [2.24, 2.45) is 5.92 Å². The normalized spacial score (nSPS) is 14.5. The highest BCUT2D eigenvalue weighted by Crippen LogP contribution is 2.43. The van der Waals surface area contributed by atoms with Gasteiger partial charge in [0.25, 0.3) is 0 Å². The molecule has 3 N–H and O–H groups in total. The molecule has 0 bridgehead atoms. The Labute approximate surface area is 200 Å². The largest absolute Gasteiger partial charge is 0.480 e. The molecule has 6 nitrogen and oxygen atoms in total. The number of hydrogen-bond acceptors (Lipinski definition) is 3. The van der Waals surface area contributed by atoms with E-state index in [1.165, 1.54) is 6.92 Å². The third-order valence-corrected chi connectivity index (χ3v) is 7.68. The number of carbonyl (C=O) groups is 2. The molecule has 0 saturated carbocycles. The number of rotatable bonds is 11. The lowest BCUT2D eigenvalue weighted by atomic mass is 9.97. The van der Waals surface area contributed by atoms with Crippen molar-refractivity contribution in [3.8, 4) is 11.1 Å². The first-order valence-electron chi connectivity index (χ1n) is 11.3. The van der Waals surface area contributed by atoms with Crippen molar-refractivity contribution in [1.82, 2.24) is 5.32 Å². The maximum atomic E-state index is 13.0. The molecule has 0 aliphatic rings. The fourth-order valence-electron chi connectivity index (χ4n) is 3.77. The lowest BCUT2D eigenvalue weighted by Gasteiger charge is -2.22. The number of carboxylic acid groups (broad SMARTS) is 1. The minimum Gasteiger partial charge on any atom is -0.480 e. The zero-order valence-electron chi connectivity index (χ0n) is 19.1. The summed E-state index contributed by atoms with van der Waals surface area (Å²) in [7, 11) is -3.64. The van der Waals surface area contributed by atoms with Crippen LogP contribution in [-0.2, 0) is 27.0 Å². The van der Waals surface area contributed by atoms with Crippen LogP contribution in [0.1, 0.15) is 18.1 Å². The topological polar surface area (TPSA) is 104 Å². The first kappa shape index (κ1) is 25.4. The fraction of sp³-hybridized carbons (Fsp3) is 0.259. The lowest BCUT2D eigenvalue weighted by molar-refractivity contribution is -0.141. The van der Waals surface area contributed by atoms with E-state index in [2.05, 4.69) is 5.32 Å². The summed E-state index contributed by atoms with van der Waals surface area (Å²) in [6, 6.07) is 25.9. The maximum absolute atomic E-state index is 13.0. The Morgan fingerprint density at radius 3 is 2.00 bits per heavy atom. The standard InChI is InChI=1S/C27H30NO5P/c1-20(27(30)31)28-26(29)25(19-34(32,33)17-16-21-8-4-2-5-9-21)18-22-12-14-24(15-13-22)23-10-6-3-7-11-23/h2-15,20,25H,16-19H2,1H3,(H,28,29)(H,30,31)(H,32,33). The van der Waals surface area contributed by atoms with Crippen LogP contribution in [0.4, 0.5) is 0 Å². The van der Waals surface area contributed by atoms with Crippen molar-refractivity contribution in [1.29, 1.82) is 0 Å². The zero-order chi connectivity index (χ0) is 24.6. The minimum absolute atomic E-state index is 0.0578. The van der Waals surface area contributed by atoms with Crippen LogP contribution in [0.2, 0.25) is 0 Å². The van der Waals surface area contributed by atoms with Crippen LogP contribution in [0, 0.1) is 5.92 Å². The minimum atomic E-state index is -3.64. The Kier molecular flexibility index (Phi) is 8.80. The van der Waals surface area contributed by atoms with Gasteiger partial charge in [-0.2, -0.15) is 0 Å². The number of benzene rings is 3. The van der Waals surface area contributed by atoms with Gasteiger partial charge in [-0.15, -0.1) is 0 Å². The summed E-state index contributed by atoms with van der Waals surface area (Å²) in [4.78, 5) is 34.8. The van der Waals surface area contributed by atoms with Gasteiger partial charge >= 0.3 is 5.97 Å². The van der Waals surface area contributed by atoms with Gasteiger partial charge in [-0.05, 0) is 42.0 Å². The van der Waals surface area contributed by atoms with E-state index in [-0.39, 0.29) is 18.7 Å². The molecule has 0 spiro atoms. The second-order valence-corrected chi connectivity index (χ2v) is 11.0. The molecule has 7 heteroatoms. The van der Waals surface area contributed by atoms with E-state index >= 15 is 0 Å². The van der Waals surface area contributed by atoms with Crippen LogP contribution < -0.4 is 5.32 Å². The zero-order valence-corrected chi connectivity index (χ0v) is 20.0. The Morgan fingerprint density at radius 1 is 0.853 bits per heavy atom. The molecule has 3 aromatic carbocycles. The van der Waals surface area contributed by atoms with E-state index < -0.39 is 31.2 Å². The first-order valence-corrected chi connectivity index (χ1v) is 13.3. The van der Waals surface area contributed by atoms with Crippen LogP contribution in [0.15, 0.2) is 84.9 Å². The fourth-order valence-corrected chi connectivity index (χ4v) is 5.54. The van der Waals surface area contributed by atoms with Crippen LogP contribution >= 0.6 is 7.37 Å². The highest BCUT2D eigenvalue weighted by atomic mass is 31.2. The molecule has 34 heavy (non-hydrogen) atoms. The first-order chi connectivity index (χ1) is 16.2. The highest BCUT2D eigenvalue weighted by Gasteiger charge is 2.30. The van der Waals surface area contributed by atoms with E-state index in [1.807, 2.05) is 84.9 Å². The second kappa shape index (κ2) is 11.8. The summed E-state index contributed by atoms with van der Waals surface area (Å²) in [6.07, 6.45) is 0.518. The summed E-state index contributed by atoms with van der Waals surface area (Å²) in [5, 5.41) is 11.6. The van der Waals surface area contributed by atoms with Crippen LogP contribution in [0.25, 0.3) is 11.1 Å². The number of carboxylic acids is 1. The Morgan fingerprint density at radius 2 is 1.41 bits per heavy atom. The molecule has 0 fully saturated rings. The van der Waals surface area contributed by atoms with Gasteiger partial charge in [0.1, 0.15) is 6.04 Å². The summed E-state index contributed by atoms with van der Waals surface area (Å²) in [5.41, 5.74) is 3.89. The Bertz CT molecular complexity index is 1130. The summed E-state index contributed by atoms with van der Waals surface area (Å²) in [5.74, 6) is -2.51. The summed E-state index contributed by atoms with van der Waals surface area (Å²) >= 11 is 0. The van der Waals surface area contributed by atoms with Crippen LogP contribution in [-0.4, -0.2) is 40.2 Å². The number of aliphatic carboxylic acids is 1. The molecule has 3 atom stereocenters. The molecule has 0 aliphatic carbocycles. The van der Waals surface area contributed by atoms with E-state index in [0.717, 1.165) is 22.3 Å². The van der Waals surface area contributed by atoms with Gasteiger partial charge < -0.3 is 15.3 Å². The third-order valence-electron chi connectivity index (χ3n) is 5.74. The van der Waals surface area contributed by atoms with Crippen LogP contribution in [0.3, 0.4) is 0 Å². The molecule has 1 amide bonds. The van der Waals surface area contributed by atoms with Gasteiger partial charge in [0.15, 0.2) is 0 Å². The average Bonchev–Trinajstić information content (AvgIpc) is 2.84. The van der Waals surface area contributed by atoms with Gasteiger partial charge in [0.2, 0.25) is 13.3 Å². The molecular weight excluding hydrogens is 449 g/mol. The van der Waals surface area contributed by atoms with Gasteiger partial charge in [-0.1, -0.05) is 84.9 Å². The number of aryl methyl sites for hydroxylation is 1. The van der Waals surface area contributed by atoms with Crippen molar-refractivity contribution in [3.63, 3.8) is 0 Å². The molecule has 0 aromatic heterocycles. The SMILES string of the molecule is CC(NC(=O)C(Cc1ccc(-c2ccccc2)cc1)CP(=O)(O)CCc1ccccc1)C(=O)O. The highest BCUT2D eigenvalue weighted by molar-refractivity contribution is 7.58. The van der Waals surface area contributed by atoms with E-state index in [0.29, 0.717) is 6.42 Å². The predicted octanol–water partition coefficient (Wildman–Crippen LogP) is 4.61. The number of nitrogens with one attached hydrogen (secondary N) is 1. The Balaban J connectivity index is 1.74. The molecule has 0 radical (unpaired) electrons. The molecule has 3 aromatic rings. The summed E-state index contributed by atoms with van der Waals surface area (Å²) < 4.78 is 13.0. The van der Waals surface area contributed by atoms with E-state index in [1.54, 1.807) is 0 Å². The molecule has 0 saturated heterocycles. The maximum Gasteiger partial charge on any atom is 0.325 e. The summed E-state index contributed by atoms with van der Waals surface area (Å²) in [6.45, 7) is 1.37. The molecule has 0 aliphatic heterocycles. The molecule has 3 unspecified atom stereocenters. The number of hydrogen-bond donors (Lipinski definition) is 3. The van der Waals surface area contributed by atoms with Crippen molar-refractivity contribution < 1.29 is 24.2 Å². The number of amides is 1. The van der Waals surface area contributed by atoms with Gasteiger partial charge in [-0.25, -0.2) is 0 Å². The van der Waals surface area contributed by atoms with Crippen molar-refractivity contribution in [2.45, 2.75) is 25.8 Å². The average molecular weight is 480 g/mol. The number of carbonyl (C=O) groups excluding carboxylic acids is 1. The van der Waals surface area contributed by atoms with Gasteiger partial charge in [-0.3, -0.25) is 14.2 Å². The van der Waals surface area contributed by atoms with E-state index in [9.17, 15) is 19.0 Å². The third kappa shape index (κ3) is 7.68. The monoisotopic (exact) mass is 479 g/mol. The lowest BCUT2D eigenvalue weighted by Crippen LogP contribution is -2.43. The van der Waals surface area contributed by atoms with Crippen molar-refractivity contribution >= 4 is 19.2 Å². The van der Waals surface area contributed by atoms with E-state index in [4.69, 9.17) is 5.11 Å². The van der Waals surface area contributed by atoms with Gasteiger partial charge in [0.05, 0.1) is 5.92 Å².